The molecule has 0 radical (unpaired) electrons. The first-order chi connectivity index (χ1) is 13.2. The molecule has 11 heteroatoms. The molecule has 1 heterocycles. The molecular weight excluding hydrogens is 402 g/mol. The number of rotatable bonds is 6. The molecule has 2 amide bonds. The number of primary amides is 1. The molecule has 0 aliphatic carbocycles. The van der Waals surface area contributed by atoms with Gasteiger partial charge in [0.25, 0.3) is 20.3 Å². The van der Waals surface area contributed by atoms with E-state index in [4.69, 9.17) is 5.73 Å². The van der Waals surface area contributed by atoms with Crippen molar-refractivity contribution in [2.24, 2.45) is 5.73 Å². The lowest BCUT2D eigenvalue weighted by atomic mass is 10.1. The van der Waals surface area contributed by atoms with Crippen molar-refractivity contribution in [1.29, 1.82) is 0 Å². The quantitative estimate of drug-likeness (QED) is 0.523. The highest BCUT2D eigenvalue weighted by Crippen LogP contribution is 2.23. The van der Waals surface area contributed by atoms with E-state index in [1.807, 2.05) is 6.92 Å². The van der Waals surface area contributed by atoms with Crippen LogP contribution in [-0.4, -0.2) is 30.4 Å². The fraction of sp³-hybridized carbons (Fsp3) is 0.0588. The summed E-state index contributed by atoms with van der Waals surface area (Å²) in [6.45, 7) is 1.90. The molecule has 1 aromatic heterocycles. The second-order valence-electron chi connectivity index (χ2n) is 5.74. The number of nitrogens with one attached hydrogen (secondary N) is 2. The van der Waals surface area contributed by atoms with E-state index in [-0.39, 0.29) is 20.7 Å². The SMILES string of the molecule is Cc1ccc(C(=O)Nc2nnc(S(=O)(=O)Nc3ccc(C(N)=O)cc3)s2)cc1. The topological polar surface area (TPSA) is 144 Å². The zero-order valence-corrected chi connectivity index (χ0v) is 16.2. The van der Waals surface area contributed by atoms with Crippen LogP contribution in [0, 0.1) is 6.92 Å². The zero-order chi connectivity index (χ0) is 20.3. The molecule has 2 aromatic carbocycles. The number of carbonyl (C=O) groups is 2. The zero-order valence-electron chi connectivity index (χ0n) is 14.5. The minimum absolute atomic E-state index is 0.0510. The molecule has 144 valence electrons. The van der Waals surface area contributed by atoms with Gasteiger partial charge in [0.2, 0.25) is 11.0 Å². The van der Waals surface area contributed by atoms with Gasteiger partial charge in [-0.1, -0.05) is 29.0 Å². The highest BCUT2D eigenvalue weighted by molar-refractivity contribution is 7.94. The molecule has 0 atom stereocenters. The highest BCUT2D eigenvalue weighted by Gasteiger charge is 2.21. The Morgan fingerprint density at radius 1 is 0.964 bits per heavy atom. The lowest BCUT2D eigenvalue weighted by Gasteiger charge is -2.05. The molecule has 0 saturated carbocycles. The van der Waals surface area contributed by atoms with Crippen molar-refractivity contribution in [3.05, 3.63) is 65.2 Å². The van der Waals surface area contributed by atoms with Gasteiger partial charge in [0.15, 0.2) is 0 Å². The molecule has 0 spiro atoms. The molecule has 28 heavy (non-hydrogen) atoms. The van der Waals surface area contributed by atoms with Crippen molar-refractivity contribution >= 4 is 44.0 Å². The average molecular weight is 417 g/mol. The molecular formula is C17H15N5O4S2. The number of nitrogens with zero attached hydrogens (tertiary/aromatic N) is 2. The lowest BCUT2D eigenvalue weighted by molar-refractivity contribution is 0.0997. The Bertz CT molecular complexity index is 1120. The normalized spacial score (nSPS) is 11.0. The molecule has 4 N–H and O–H groups in total. The van der Waals surface area contributed by atoms with E-state index in [9.17, 15) is 18.0 Å². The Morgan fingerprint density at radius 2 is 1.57 bits per heavy atom. The smallest absolute Gasteiger partial charge is 0.291 e. The number of aromatic nitrogens is 2. The van der Waals surface area contributed by atoms with Crippen molar-refractivity contribution in [3.8, 4) is 0 Å². The highest BCUT2D eigenvalue weighted by atomic mass is 32.2. The lowest BCUT2D eigenvalue weighted by Crippen LogP contribution is -2.14. The fourth-order valence-electron chi connectivity index (χ4n) is 2.14. The van der Waals surface area contributed by atoms with Gasteiger partial charge in [-0.3, -0.25) is 19.6 Å². The molecule has 0 fully saturated rings. The largest absolute Gasteiger partial charge is 0.366 e. The summed E-state index contributed by atoms with van der Waals surface area (Å²) in [5.41, 5.74) is 7.05. The van der Waals surface area contributed by atoms with Crippen LogP contribution in [0.3, 0.4) is 0 Å². The van der Waals surface area contributed by atoms with Gasteiger partial charge in [-0.2, -0.15) is 8.42 Å². The van der Waals surface area contributed by atoms with Crippen molar-refractivity contribution < 1.29 is 18.0 Å². The summed E-state index contributed by atoms with van der Waals surface area (Å²) >= 11 is 0.715. The molecule has 0 saturated heterocycles. The number of aryl methyl sites for hydroxylation is 1. The summed E-state index contributed by atoms with van der Waals surface area (Å²) in [7, 11) is -4.00. The van der Waals surface area contributed by atoms with Crippen LogP contribution in [0.1, 0.15) is 26.3 Å². The van der Waals surface area contributed by atoms with Crippen molar-refractivity contribution in [2.75, 3.05) is 10.0 Å². The molecule has 9 nitrogen and oxygen atoms in total. The fourth-order valence-corrected chi connectivity index (χ4v) is 4.10. The summed E-state index contributed by atoms with van der Waals surface area (Å²) in [5.74, 6) is -1.04. The molecule has 0 aliphatic heterocycles. The number of hydrogen-bond acceptors (Lipinski definition) is 7. The minimum atomic E-state index is -4.00. The Morgan fingerprint density at radius 3 is 2.18 bits per heavy atom. The Kier molecular flexibility index (Phi) is 5.38. The molecule has 3 rings (SSSR count). The van der Waals surface area contributed by atoms with Crippen molar-refractivity contribution in [3.63, 3.8) is 0 Å². The molecule has 0 unspecified atom stereocenters. The van der Waals surface area contributed by atoms with Crippen LogP contribution in [0.2, 0.25) is 0 Å². The van der Waals surface area contributed by atoms with Crippen LogP contribution in [0.4, 0.5) is 10.8 Å². The number of amides is 2. The van der Waals surface area contributed by atoms with E-state index in [1.165, 1.54) is 24.3 Å². The van der Waals surface area contributed by atoms with E-state index in [0.29, 0.717) is 16.9 Å². The second-order valence-corrected chi connectivity index (χ2v) is 8.57. The predicted octanol–water partition coefficient (Wildman–Crippen LogP) is 2.00. The maximum absolute atomic E-state index is 12.4. The number of anilines is 2. The second kappa shape index (κ2) is 7.74. The first kappa shape index (κ1) is 19.5. The number of carbonyl (C=O) groups excluding carboxylic acids is 2. The molecule has 0 bridgehead atoms. The predicted molar refractivity (Wildman–Crippen MR) is 105 cm³/mol. The van der Waals surface area contributed by atoms with Gasteiger partial charge in [-0.25, -0.2) is 0 Å². The summed E-state index contributed by atoms with van der Waals surface area (Å²) in [5, 5.41) is 9.89. The van der Waals surface area contributed by atoms with Crippen LogP contribution >= 0.6 is 11.3 Å². The van der Waals surface area contributed by atoms with Gasteiger partial charge >= 0.3 is 0 Å². The van der Waals surface area contributed by atoms with Crippen molar-refractivity contribution in [2.45, 2.75) is 11.3 Å². The van der Waals surface area contributed by atoms with E-state index >= 15 is 0 Å². The standard InChI is InChI=1S/C17H15N5O4S2/c1-10-2-4-12(5-3-10)15(24)19-16-20-21-17(27-16)28(25,26)22-13-8-6-11(7-9-13)14(18)23/h2-9,22H,1H3,(H2,18,23)(H,19,20,24). The average Bonchev–Trinajstić information content (AvgIpc) is 3.12. The summed E-state index contributed by atoms with van der Waals surface area (Å²) < 4.78 is 26.8. The van der Waals surface area contributed by atoms with Gasteiger partial charge in [-0.15, -0.1) is 10.2 Å². The first-order valence-corrected chi connectivity index (χ1v) is 10.2. The van der Waals surface area contributed by atoms with E-state index < -0.39 is 21.8 Å². The summed E-state index contributed by atoms with van der Waals surface area (Å²) in [6.07, 6.45) is 0. The van der Waals surface area contributed by atoms with E-state index in [2.05, 4.69) is 20.2 Å². The number of hydrogen-bond donors (Lipinski definition) is 3. The Balaban J connectivity index is 1.71. The Hall–Kier alpha value is -3.31. The van der Waals surface area contributed by atoms with Crippen LogP contribution in [0.15, 0.2) is 52.9 Å². The Labute approximate surface area is 164 Å². The van der Waals surface area contributed by atoms with Gasteiger partial charge in [-0.05, 0) is 43.3 Å². The van der Waals surface area contributed by atoms with Crippen LogP contribution < -0.4 is 15.8 Å². The van der Waals surface area contributed by atoms with E-state index in [1.54, 1.807) is 24.3 Å². The van der Waals surface area contributed by atoms with Gasteiger partial charge < -0.3 is 5.73 Å². The monoisotopic (exact) mass is 417 g/mol. The molecule has 3 aromatic rings. The van der Waals surface area contributed by atoms with Crippen LogP contribution in [0.5, 0.6) is 0 Å². The van der Waals surface area contributed by atoms with Crippen LogP contribution in [-0.2, 0) is 10.0 Å². The number of benzene rings is 2. The van der Waals surface area contributed by atoms with Crippen molar-refractivity contribution in [1.82, 2.24) is 10.2 Å². The van der Waals surface area contributed by atoms with E-state index in [0.717, 1.165) is 5.56 Å². The third-order valence-electron chi connectivity index (χ3n) is 3.59. The molecule has 0 aliphatic rings. The maximum Gasteiger partial charge on any atom is 0.291 e. The van der Waals surface area contributed by atoms with Gasteiger partial charge in [0.1, 0.15) is 0 Å². The van der Waals surface area contributed by atoms with Gasteiger partial charge in [0.05, 0.1) is 0 Å². The minimum Gasteiger partial charge on any atom is -0.366 e. The van der Waals surface area contributed by atoms with Crippen LogP contribution in [0.25, 0.3) is 0 Å². The van der Waals surface area contributed by atoms with Gasteiger partial charge in [0, 0.05) is 16.8 Å². The number of sulfonamides is 1. The third-order valence-corrected chi connectivity index (χ3v) is 6.18. The summed E-state index contributed by atoms with van der Waals surface area (Å²) in [4.78, 5) is 23.2. The summed E-state index contributed by atoms with van der Waals surface area (Å²) in [6, 6.07) is 12.5. The first-order valence-electron chi connectivity index (χ1n) is 7.89. The maximum atomic E-state index is 12.4. The number of nitrogens with two attached hydrogens (primary N) is 1. The third kappa shape index (κ3) is 4.50.